The molecule has 1 aromatic heterocycles. The van der Waals surface area contributed by atoms with Crippen molar-refractivity contribution in [3.8, 4) is 0 Å². The molecule has 1 heterocycles. The van der Waals surface area contributed by atoms with Crippen molar-refractivity contribution in [1.82, 2.24) is 10.6 Å². The third-order valence-corrected chi connectivity index (χ3v) is 3.79. The minimum absolute atomic E-state index is 0.0430. The minimum atomic E-state index is -0.925. The van der Waals surface area contributed by atoms with Crippen molar-refractivity contribution in [2.24, 2.45) is 0 Å². The molecule has 6 heteroatoms. The molecule has 1 saturated carbocycles. The summed E-state index contributed by atoms with van der Waals surface area (Å²) in [6.07, 6.45) is 9.00. The predicted octanol–water partition coefficient (Wildman–Crippen LogP) is 1.43. The van der Waals surface area contributed by atoms with E-state index in [9.17, 15) is 14.4 Å². The molecule has 0 atom stereocenters. The van der Waals surface area contributed by atoms with E-state index in [0.717, 1.165) is 19.3 Å². The maximum Gasteiger partial charge on any atom is 0.246 e. The number of carbonyl (C=O) groups excluding carboxylic acids is 3. The van der Waals surface area contributed by atoms with E-state index in [2.05, 4.69) is 10.6 Å². The Morgan fingerprint density at radius 3 is 2.68 bits per heavy atom. The third kappa shape index (κ3) is 4.07. The zero-order chi connectivity index (χ0) is 15.8. The maximum atomic E-state index is 12.3. The molecule has 6 nitrogen and oxygen atoms in total. The average Bonchev–Trinajstić information content (AvgIpc) is 3.05. The van der Waals surface area contributed by atoms with E-state index in [1.165, 1.54) is 12.3 Å². The predicted molar refractivity (Wildman–Crippen MR) is 80.8 cm³/mol. The highest BCUT2D eigenvalue weighted by atomic mass is 16.3. The zero-order valence-corrected chi connectivity index (χ0v) is 12.3. The second-order valence-corrected chi connectivity index (χ2v) is 5.36. The summed E-state index contributed by atoms with van der Waals surface area (Å²) in [5.74, 6) is -0.0724. The van der Waals surface area contributed by atoms with Crippen LogP contribution in [0.15, 0.2) is 28.9 Å². The molecule has 1 aromatic rings. The van der Waals surface area contributed by atoms with Crippen LogP contribution in [0.4, 0.5) is 0 Å². The Morgan fingerprint density at radius 2 is 2.05 bits per heavy atom. The van der Waals surface area contributed by atoms with Crippen LogP contribution in [0.3, 0.4) is 0 Å². The van der Waals surface area contributed by atoms with Crippen molar-refractivity contribution < 1.29 is 18.8 Å². The number of nitrogens with one attached hydrogen (secondary N) is 2. The van der Waals surface area contributed by atoms with Crippen molar-refractivity contribution >= 4 is 24.2 Å². The Kier molecular flexibility index (Phi) is 5.52. The number of carbonyl (C=O) groups is 3. The summed E-state index contributed by atoms with van der Waals surface area (Å²) in [7, 11) is 0. The van der Waals surface area contributed by atoms with Gasteiger partial charge in [0.1, 0.15) is 17.6 Å². The quantitative estimate of drug-likeness (QED) is 0.614. The van der Waals surface area contributed by atoms with Gasteiger partial charge in [-0.3, -0.25) is 9.59 Å². The molecule has 2 rings (SSSR count). The van der Waals surface area contributed by atoms with E-state index in [-0.39, 0.29) is 18.4 Å². The van der Waals surface area contributed by atoms with Crippen LogP contribution in [0, 0.1) is 0 Å². The maximum absolute atomic E-state index is 12.3. The van der Waals surface area contributed by atoms with E-state index in [1.54, 1.807) is 18.2 Å². The molecule has 1 aliphatic rings. The first-order chi connectivity index (χ1) is 10.7. The normalized spacial score (nSPS) is 17.1. The van der Waals surface area contributed by atoms with Gasteiger partial charge in [0.2, 0.25) is 11.8 Å². The van der Waals surface area contributed by atoms with Crippen LogP contribution in [0.25, 0.3) is 6.08 Å². The second-order valence-electron chi connectivity index (χ2n) is 5.36. The first kappa shape index (κ1) is 16.0. The first-order valence-electron chi connectivity index (χ1n) is 7.42. The summed E-state index contributed by atoms with van der Waals surface area (Å²) < 4.78 is 5.11. The summed E-state index contributed by atoms with van der Waals surface area (Å²) in [4.78, 5) is 34.8. The van der Waals surface area contributed by atoms with Crippen LogP contribution < -0.4 is 10.6 Å². The molecule has 0 saturated heterocycles. The monoisotopic (exact) mass is 304 g/mol. The van der Waals surface area contributed by atoms with Crippen molar-refractivity contribution in [3.63, 3.8) is 0 Å². The number of hydrogen-bond acceptors (Lipinski definition) is 4. The molecule has 0 aromatic carbocycles. The van der Waals surface area contributed by atoms with Crippen LogP contribution in [0.2, 0.25) is 0 Å². The van der Waals surface area contributed by atoms with E-state index in [1.807, 2.05) is 0 Å². The summed E-state index contributed by atoms with van der Waals surface area (Å²) >= 11 is 0. The zero-order valence-electron chi connectivity index (χ0n) is 12.3. The Labute approximate surface area is 128 Å². The number of hydrogen-bond donors (Lipinski definition) is 2. The lowest BCUT2D eigenvalue weighted by atomic mass is 9.80. The largest absolute Gasteiger partial charge is 0.465 e. The Bertz CT molecular complexity index is 543. The highest BCUT2D eigenvalue weighted by Crippen LogP contribution is 2.28. The summed E-state index contributed by atoms with van der Waals surface area (Å²) in [6, 6.07) is 3.46. The number of aldehydes is 1. The van der Waals surface area contributed by atoms with Crippen molar-refractivity contribution in [1.29, 1.82) is 0 Å². The lowest BCUT2D eigenvalue weighted by molar-refractivity contribution is -0.133. The molecular formula is C16H20N2O4. The van der Waals surface area contributed by atoms with Gasteiger partial charge in [0.05, 0.1) is 12.8 Å². The molecule has 0 spiro atoms. The van der Waals surface area contributed by atoms with Gasteiger partial charge in [0.15, 0.2) is 0 Å². The van der Waals surface area contributed by atoms with E-state index >= 15 is 0 Å². The van der Waals surface area contributed by atoms with Crippen molar-refractivity contribution in [2.75, 3.05) is 6.54 Å². The second kappa shape index (κ2) is 7.59. The molecule has 118 valence electrons. The lowest BCUT2D eigenvalue weighted by Gasteiger charge is -2.36. The molecule has 0 bridgehead atoms. The third-order valence-electron chi connectivity index (χ3n) is 3.79. The smallest absolute Gasteiger partial charge is 0.246 e. The van der Waals surface area contributed by atoms with E-state index in [0.29, 0.717) is 24.9 Å². The molecular weight excluding hydrogens is 284 g/mol. The van der Waals surface area contributed by atoms with Crippen LogP contribution in [-0.4, -0.2) is 30.2 Å². The van der Waals surface area contributed by atoms with Gasteiger partial charge >= 0.3 is 0 Å². The van der Waals surface area contributed by atoms with Gasteiger partial charge < -0.3 is 19.8 Å². The highest BCUT2D eigenvalue weighted by Gasteiger charge is 2.40. The van der Waals surface area contributed by atoms with E-state index < -0.39 is 5.54 Å². The fraction of sp³-hybridized carbons (Fsp3) is 0.438. The van der Waals surface area contributed by atoms with Gasteiger partial charge in [-0.2, -0.15) is 0 Å². The number of furan rings is 1. The number of amides is 2. The molecule has 1 fully saturated rings. The molecule has 2 amide bonds. The van der Waals surface area contributed by atoms with Gasteiger partial charge in [0.25, 0.3) is 0 Å². The van der Waals surface area contributed by atoms with Gasteiger partial charge in [-0.1, -0.05) is 19.3 Å². The molecule has 0 aliphatic heterocycles. The highest BCUT2D eigenvalue weighted by molar-refractivity contribution is 5.97. The molecule has 2 N–H and O–H groups in total. The van der Waals surface area contributed by atoms with Crippen molar-refractivity contribution in [2.45, 2.75) is 37.6 Å². The standard InChI is InChI=1S/C16H20N2O4/c19-11-10-17-15(21)16(8-2-1-3-9-16)18-14(20)7-6-13-5-4-12-22-13/h4-7,11-12H,1-3,8-10H2,(H,17,21)(H,18,20)/b7-6+. The first-order valence-corrected chi connectivity index (χ1v) is 7.42. The summed E-state index contributed by atoms with van der Waals surface area (Å²) in [6.45, 7) is -0.0430. The summed E-state index contributed by atoms with van der Waals surface area (Å²) in [5, 5.41) is 5.36. The van der Waals surface area contributed by atoms with Gasteiger partial charge in [-0.25, -0.2) is 0 Å². The lowest BCUT2D eigenvalue weighted by Crippen LogP contribution is -2.59. The van der Waals surface area contributed by atoms with Crippen LogP contribution in [0.1, 0.15) is 37.9 Å². The minimum Gasteiger partial charge on any atom is -0.465 e. The van der Waals surface area contributed by atoms with Crippen molar-refractivity contribution in [3.05, 3.63) is 30.2 Å². The topological polar surface area (TPSA) is 88.4 Å². The molecule has 22 heavy (non-hydrogen) atoms. The molecule has 0 unspecified atom stereocenters. The molecule has 1 aliphatic carbocycles. The molecule has 0 radical (unpaired) electrons. The van der Waals surface area contributed by atoms with Crippen LogP contribution in [0.5, 0.6) is 0 Å². The Hall–Kier alpha value is -2.37. The Morgan fingerprint density at radius 1 is 1.27 bits per heavy atom. The SMILES string of the molecule is O=CCNC(=O)C1(NC(=O)/C=C/c2ccco2)CCCCC1. The van der Waals surface area contributed by atoms with Gasteiger partial charge in [0, 0.05) is 6.08 Å². The van der Waals surface area contributed by atoms with Gasteiger partial charge in [-0.05, 0) is 31.1 Å². The number of rotatable bonds is 6. The fourth-order valence-corrected chi connectivity index (χ4v) is 2.69. The van der Waals surface area contributed by atoms with E-state index in [4.69, 9.17) is 4.42 Å². The fourth-order valence-electron chi connectivity index (χ4n) is 2.69. The van der Waals surface area contributed by atoms with Crippen LogP contribution in [-0.2, 0) is 14.4 Å². The Balaban J connectivity index is 2.03. The van der Waals surface area contributed by atoms with Gasteiger partial charge in [-0.15, -0.1) is 0 Å². The van der Waals surface area contributed by atoms with Crippen LogP contribution >= 0.6 is 0 Å². The average molecular weight is 304 g/mol. The summed E-state index contributed by atoms with van der Waals surface area (Å²) in [5.41, 5.74) is -0.925.